The maximum absolute atomic E-state index is 5.49. The van der Waals surface area contributed by atoms with Crippen LogP contribution in [-0.4, -0.2) is 43.8 Å². The van der Waals surface area contributed by atoms with Crippen molar-refractivity contribution in [1.29, 1.82) is 0 Å². The molecule has 3 nitrogen and oxygen atoms in total. The van der Waals surface area contributed by atoms with Gasteiger partial charge in [-0.05, 0) is 25.5 Å². The minimum absolute atomic E-state index is 0.459. The van der Waals surface area contributed by atoms with Crippen LogP contribution < -0.4 is 5.32 Å². The number of nitrogens with zero attached hydrogens (tertiary/aromatic N) is 1. The van der Waals surface area contributed by atoms with Gasteiger partial charge >= 0.3 is 0 Å². The summed E-state index contributed by atoms with van der Waals surface area (Å²) in [5, 5.41) is 3.60. The summed E-state index contributed by atoms with van der Waals surface area (Å²) in [6, 6.07) is 11.8. The van der Waals surface area contributed by atoms with E-state index in [1.165, 1.54) is 5.56 Å². The predicted octanol–water partition coefficient (Wildman–Crippen LogP) is 2.45. The van der Waals surface area contributed by atoms with Crippen molar-refractivity contribution in [1.82, 2.24) is 10.2 Å². The molecule has 0 aromatic heterocycles. The molecule has 0 radical (unpaired) electrons. The van der Waals surface area contributed by atoms with E-state index in [0.717, 1.165) is 39.3 Å². The molecule has 1 aromatic rings. The second-order valence-electron chi connectivity index (χ2n) is 5.27. The zero-order valence-electron chi connectivity index (χ0n) is 12.1. The molecule has 2 atom stereocenters. The van der Waals surface area contributed by atoms with Gasteiger partial charge < -0.3 is 10.1 Å². The van der Waals surface area contributed by atoms with Crippen LogP contribution in [0, 0.1) is 0 Å². The largest absolute Gasteiger partial charge is 0.379 e. The second-order valence-corrected chi connectivity index (χ2v) is 5.27. The summed E-state index contributed by atoms with van der Waals surface area (Å²) in [6.07, 6.45) is 1.15. The number of ether oxygens (including phenoxy) is 1. The fourth-order valence-electron chi connectivity index (χ4n) is 2.71. The Morgan fingerprint density at radius 1 is 1.37 bits per heavy atom. The van der Waals surface area contributed by atoms with E-state index < -0.39 is 0 Å². The summed E-state index contributed by atoms with van der Waals surface area (Å²) in [5.74, 6) is 0. The average molecular weight is 262 g/mol. The standard InChI is InChI=1S/C16H26N2O/c1-3-17-16(15-7-5-4-6-8-15)9-10-18-11-12-19-13-14(18)2/h4-8,14,16-17H,3,9-13H2,1-2H3. The zero-order chi connectivity index (χ0) is 13.5. The first-order valence-electron chi connectivity index (χ1n) is 7.41. The summed E-state index contributed by atoms with van der Waals surface area (Å²) in [7, 11) is 0. The van der Waals surface area contributed by atoms with Crippen LogP contribution in [0.15, 0.2) is 30.3 Å². The van der Waals surface area contributed by atoms with Crippen LogP contribution in [0.2, 0.25) is 0 Å². The normalized spacial score (nSPS) is 22.3. The monoisotopic (exact) mass is 262 g/mol. The van der Waals surface area contributed by atoms with Crippen LogP contribution in [-0.2, 0) is 4.74 Å². The zero-order valence-corrected chi connectivity index (χ0v) is 12.1. The van der Waals surface area contributed by atoms with Crippen molar-refractivity contribution in [2.24, 2.45) is 0 Å². The van der Waals surface area contributed by atoms with Gasteiger partial charge in [-0.2, -0.15) is 0 Å². The number of hydrogen-bond acceptors (Lipinski definition) is 3. The molecule has 1 N–H and O–H groups in total. The van der Waals surface area contributed by atoms with E-state index >= 15 is 0 Å². The Morgan fingerprint density at radius 2 is 2.16 bits per heavy atom. The topological polar surface area (TPSA) is 24.5 Å². The fraction of sp³-hybridized carbons (Fsp3) is 0.625. The first-order valence-corrected chi connectivity index (χ1v) is 7.41. The third-order valence-corrected chi connectivity index (χ3v) is 3.86. The first kappa shape index (κ1) is 14.5. The number of nitrogens with one attached hydrogen (secondary N) is 1. The van der Waals surface area contributed by atoms with Crippen molar-refractivity contribution in [2.75, 3.05) is 32.8 Å². The molecular formula is C16H26N2O. The minimum atomic E-state index is 0.459. The van der Waals surface area contributed by atoms with Gasteiger partial charge in [-0.3, -0.25) is 4.90 Å². The Hall–Kier alpha value is -0.900. The number of hydrogen-bond donors (Lipinski definition) is 1. The van der Waals surface area contributed by atoms with Gasteiger partial charge in [0, 0.05) is 25.2 Å². The molecule has 19 heavy (non-hydrogen) atoms. The van der Waals surface area contributed by atoms with Crippen molar-refractivity contribution in [3.63, 3.8) is 0 Å². The summed E-state index contributed by atoms with van der Waals surface area (Å²) in [6.45, 7) is 9.39. The molecule has 1 fully saturated rings. The van der Waals surface area contributed by atoms with E-state index in [9.17, 15) is 0 Å². The smallest absolute Gasteiger partial charge is 0.0619 e. The molecule has 1 heterocycles. The van der Waals surface area contributed by atoms with Crippen LogP contribution in [0.5, 0.6) is 0 Å². The Morgan fingerprint density at radius 3 is 2.84 bits per heavy atom. The van der Waals surface area contributed by atoms with Crippen LogP contribution >= 0.6 is 0 Å². The van der Waals surface area contributed by atoms with E-state index in [2.05, 4.69) is 54.4 Å². The van der Waals surface area contributed by atoms with E-state index in [1.807, 2.05) is 0 Å². The highest BCUT2D eigenvalue weighted by Gasteiger charge is 2.20. The van der Waals surface area contributed by atoms with Crippen molar-refractivity contribution in [2.45, 2.75) is 32.4 Å². The van der Waals surface area contributed by atoms with Gasteiger partial charge in [-0.15, -0.1) is 0 Å². The highest BCUT2D eigenvalue weighted by molar-refractivity contribution is 5.18. The van der Waals surface area contributed by atoms with E-state index in [0.29, 0.717) is 12.1 Å². The van der Waals surface area contributed by atoms with Gasteiger partial charge in [0.15, 0.2) is 0 Å². The predicted molar refractivity (Wildman–Crippen MR) is 79.3 cm³/mol. The lowest BCUT2D eigenvalue weighted by Gasteiger charge is -2.34. The van der Waals surface area contributed by atoms with Crippen molar-refractivity contribution in [3.05, 3.63) is 35.9 Å². The molecule has 2 rings (SSSR count). The summed E-state index contributed by atoms with van der Waals surface area (Å²) < 4.78 is 5.49. The van der Waals surface area contributed by atoms with Crippen LogP contribution in [0.4, 0.5) is 0 Å². The van der Waals surface area contributed by atoms with Crippen molar-refractivity contribution in [3.8, 4) is 0 Å². The SMILES string of the molecule is CCNC(CCN1CCOCC1C)c1ccccc1. The van der Waals surface area contributed by atoms with Crippen LogP contribution in [0.3, 0.4) is 0 Å². The third-order valence-electron chi connectivity index (χ3n) is 3.86. The molecule has 0 amide bonds. The Kier molecular flexibility index (Phi) is 5.83. The number of morpholine rings is 1. The van der Waals surface area contributed by atoms with Crippen molar-refractivity contribution >= 4 is 0 Å². The van der Waals surface area contributed by atoms with Crippen LogP contribution in [0.25, 0.3) is 0 Å². The molecule has 0 bridgehead atoms. The summed E-state index contributed by atoms with van der Waals surface area (Å²) in [4.78, 5) is 2.54. The molecule has 1 aromatic carbocycles. The first-order chi connectivity index (χ1) is 9.31. The molecular weight excluding hydrogens is 236 g/mol. The van der Waals surface area contributed by atoms with Gasteiger partial charge in [0.25, 0.3) is 0 Å². The number of rotatable bonds is 6. The Bertz CT molecular complexity index is 355. The van der Waals surface area contributed by atoms with E-state index in [-0.39, 0.29) is 0 Å². The average Bonchev–Trinajstić information content (AvgIpc) is 2.46. The molecule has 0 spiro atoms. The summed E-state index contributed by atoms with van der Waals surface area (Å²) in [5.41, 5.74) is 1.39. The molecule has 106 valence electrons. The van der Waals surface area contributed by atoms with E-state index in [1.54, 1.807) is 0 Å². The van der Waals surface area contributed by atoms with Gasteiger partial charge in [0.1, 0.15) is 0 Å². The fourth-order valence-corrected chi connectivity index (χ4v) is 2.71. The molecule has 1 saturated heterocycles. The maximum atomic E-state index is 5.49. The highest BCUT2D eigenvalue weighted by atomic mass is 16.5. The van der Waals surface area contributed by atoms with Gasteiger partial charge in [0.2, 0.25) is 0 Å². The van der Waals surface area contributed by atoms with Gasteiger partial charge in [-0.1, -0.05) is 37.3 Å². The summed E-state index contributed by atoms with van der Waals surface area (Å²) >= 11 is 0. The second kappa shape index (κ2) is 7.63. The minimum Gasteiger partial charge on any atom is -0.379 e. The maximum Gasteiger partial charge on any atom is 0.0619 e. The van der Waals surface area contributed by atoms with Crippen LogP contribution in [0.1, 0.15) is 31.9 Å². The molecule has 1 aliphatic heterocycles. The number of benzene rings is 1. The molecule has 2 unspecified atom stereocenters. The lowest BCUT2D eigenvalue weighted by molar-refractivity contribution is -0.00180. The Labute approximate surface area is 116 Å². The van der Waals surface area contributed by atoms with Crippen molar-refractivity contribution < 1.29 is 4.74 Å². The van der Waals surface area contributed by atoms with Gasteiger partial charge in [-0.25, -0.2) is 0 Å². The molecule has 0 aliphatic carbocycles. The molecule has 0 saturated carbocycles. The lowest BCUT2D eigenvalue weighted by atomic mass is 10.0. The molecule has 3 heteroatoms. The van der Waals surface area contributed by atoms with Gasteiger partial charge in [0.05, 0.1) is 13.2 Å². The molecule has 1 aliphatic rings. The quantitative estimate of drug-likeness (QED) is 0.852. The lowest BCUT2D eigenvalue weighted by Crippen LogP contribution is -2.44. The van der Waals surface area contributed by atoms with E-state index in [4.69, 9.17) is 4.74 Å². The highest BCUT2D eigenvalue weighted by Crippen LogP contribution is 2.18. The third kappa shape index (κ3) is 4.30. The Balaban J connectivity index is 1.90.